The molecule has 0 radical (unpaired) electrons. The van der Waals surface area contributed by atoms with Crippen LogP contribution >= 0.6 is 0 Å². The number of benzene rings is 1. The third-order valence-electron chi connectivity index (χ3n) is 4.66. The average Bonchev–Trinajstić information content (AvgIpc) is 3.20. The number of rotatable bonds is 8. The summed E-state index contributed by atoms with van der Waals surface area (Å²) in [5, 5.41) is 22.0. The van der Waals surface area contributed by atoms with Gasteiger partial charge in [-0.15, -0.1) is 0 Å². The number of carboxylic acid groups (broad SMARTS) is 1. The molecule has 0 saturated heterocycles. The van der Waals surface area contributed by atoms with Crippen LogP contribution in [0.1, 0.15) is 31.2 Å². The molecule has 5 heteroatoms. The van der Waals surface area contributed by atoms with Crippen LogP contribution in [0.4, 0.5) is 0 Å². The smallest absolute Gasteiger partial charge is 0.317 e. The third kappa shape index (κ3) is 4.21. The molecule has 0 bridgehead atoms. The molecule has 5 nitrogen and oxygen atoms in total. The van der Waals surface area contributed by atoms with Crippen molar-refractivity contribution in [3.8, 4) is 5.75 Å². The maximum Gasteiger partial charge on any atom is 0.317 e. The van der Waals surface area contributed by atoms with Crippen LogP contribution in [-0.2, 0) is 11.3 Å². The summed E-state index contributed by atoms with van der Waals surface area (Å²) in [4.78, 5) is 13.1. The fraction of sp³-hybridized carbons (Fsp3) is 0.588. The van der Waals surface area contributed by atoms with Gasteiger partial charge in [0.1, 0.15) is 5.75 Å². The highest BCUT2D eigenvalue weighted by molar-refractivity contribution is 5.69. The van der Waals surface area contributed by atoms with E-state index in [0.29, 0.717) is 17.8 Å². The first-order valence-electron chi connectivity index (χ1n) is 8.07. The Hall–Kier alpha value is -1.59. The molecule has 1 aromatic carbocycles. The lowest BCUT2D eigenvalue weighted by Gasteiger charge is -2.43. The summed E-state index contributed by atoms with van der Waals surface area (Å²) in [6.45, 7) is 1.85. The molecule has 0 unspecified atom stereocenters. The Morgan fingerprint density at radius 1 is 1.32 bits per heavy atom. The van der Waals surface area contributed by atoms with Crippen LogP contribution in [-0.4, -0.2) is 46.3 Å². The summed E-state index contributed by atoms with van der Waals surface area (Å²) >= 11 is 0. The predicted octanol–water partition coefficient (Wildman–Crippen LogP) is 1.81. The number of carbonyl (C=O) groups is 1. The number of nitrogens with one attached hydrogen (secondary N) is 1. The Bertz CT molecular complexity index is 524. The molecule has 0 aliphatic heterocycles. The zero-order valence-electron chi connectivity index (χ0n) is 12.7. The summed E-state index contributed by atoms with van der Waals surface area (Å²) in [5.41, 5.74) is 1.07. The number of nitrogens with zero attached hydrogens (tertiary/aromatic N) is 1. The Balaban J connectivity index is 1.42. The standard InChI is InChI=1S/C17H24N2O3/c20-16-3-1-2-13(6-16)9-18-14-7-15(8-14)19(11-17(21)22)10-12-4-5-12/h1-3,6,12,14-15,18,20H,4-5,7-11H2,(H,21,22). The number of hydrogen-bond acceptors (Lipinski definition) is 4. The van der Waals surface area contributed by atoms with Crippen LogP contribution in [0.3, 0.4) is 0 Å². The molecule has 1 aromatic rings. The van der Waals surface area contributed by atoms with Crippen LogP contribution in [0.25, 0.3) is 0 Å². The molecule has 3 rings (SSSR count). The van der Waals surface area contributed by atoms with E-state index in [1.807, 2.05) is 12.1 Å². The van der Waals surface area contributed by atoms with Gasteiger partial charge in [0, 0.05) is 25.2 Å². The van der Waals surface area contributed by atoms with Crippen molar-refractivity contribution in [3.05, 3.63) is 29.8 Å². The maximum absolute atomic E-state index is 11.0. The quantitative estimate of drug-likeness (QED) is 0.683. The lowest BCUT2D eigenvalue weighted by Crippen LogP contribution is -2.54. The van der Waals surface area contributed by atoms with E-state index in [4.69, 9.17) is 5.11 Å². The lowest BCUT2D eigenvalue weighted by atomic mass is 9.85. The van der Waals surface area contributed by atoms with Crippen molar-refractivity contribution in [3.63, 3.8) is 0 Å². The van der Waals surface area contributed by atoms with E-state index in [9.17, 15) is 9.90 Å². The molecule has 2 aliphatic carbocycles. The van der Waals surface area contributed by atoms with E-state index < -0.39 is 5.97 Å². The summed E-state index contributed by atoms with van der Waals surface area (Å²) in [5.74, 6) is 0.290. The monoisotopic (exact) mass is 304 g/mol. The molecule has 120 valence electrons. The maximum atomic E-state index is 11.0. The van der Waals surface area contributed by atoms with E-state index in [1.54, 1.807) is 12.1 Å². The number of carboxylic acids is 1. The van der Waals surface area contributed by atoms with Crippen molar-refractivity contribution < 1.29 is 15.0 Å². The van der Waals surface area contributed by atoms with Crippen LogP contribution in [0, 0.1) is 5.92 Å². The second-order valence-corrected chi connectivity index (χ2v) is 6.64. The molecule has 2 fully saturated rings. The largest absolute Gasteiger partial charge is 0.508 e. The van der Waals surface area contributed by atoms with E-state index in [-0.39, 0.29) is 6.54 Å². The second-order valence-electron chi connectivity index (χ2n) is 6.64. The molecule has 3 N–H and O–H groups in total. The topological polar surface area (TPSA) is 72.8 Å². The van der Waals surface area contributed by atoms with Gasteiger partial charge in [-0.2, -0.15) is 0 Å². The molecule has 22 heavy (non-hydrogen) atoms. The fourth-order valence-corrected chi connectivity index (χ4v) is 3.13. The highest BCUT2D eigenvalue weighted by atomic mass is 16.4. The lowest BCUT2D eigenvalue weighted by molar-refractivity contribution is -0.139. The van der Waals surface area contributed by atoms with Crippen LogP contribution in [0.2, 0.25) is 0 Å². The Labute approximate surface area is 130 Å². The van der Waals surface area contributed by atoms with Gasteiger partial charge in [0.25, 0.3) is 0 Å². The molecule has 0 spiro atoms. The molecule has 0 amide bonds. The molecule has 0 heterocycles. The van der Waals surface area contributed by atoms with Gasteiger partial charge >= 0.3 is 5.97 Å². The number of phenols is 1. The van der Waals surface area contributed by atoms with Gasteiger partial charge < -0.3 is 15.5 Å². The molecule has 0 aromatic heterocycles. The number of phenolic OH excluding ortho intramolecular Hbond substituents is 1. The Kier molecular flexibility index (Phi) is 4.64. The molecule has 2 saturated carbocycles. The minimum atomic E-state index is -0.725. The minimum absolute atomic E-state index is 0.167. The number of aromatic hydroxyl groups is 1. The molecular formula is C17H24N2O3. The van der Waals surface area contributed by atoms with Crippen LogP contribution in [0.5, 0.6) is 5.75 Å². The highest BCUT2D eigenvalue weighted by Gasteiger charge is 2.36. The zero-order chi connectivity index (χ0) is 15.5. The van der Waals surface area contributed by atoms with Crippen molar-refractivity contribution in [2.24, 2.45) is 5.92 Å². The van der Waals surface area contributed by atoms with Gasteiger partial charge in [-0.3, -0.25) is 9.69 Å². The van der Waals surface area contributed by atoms with Crippen molar-refractivity contribution >= 4 is 5.97 Å². The van der Waals surface area contributed by atoms with Crippen molar-refractivity contribution in [1.82, 2.24) is 10.2 Å². The van der Waals surface area contributed by atoms with Gasteiger partial charge in [0.2, 0.25) is 0 Å². The van der Waals surface area contributed by atoms with Gasteiger partial charge in [0.15, 0.2) is 0 Å². The first kappa shape index (κ1) is 15.3. The van der Waals surface area contributed by atoms with Gasteiger partial charge in [-0.1, -0.05) is 12.1 Å². The molecular weight excluding hydrogens is 280 g/mol. The van der Waals surface area contributed by atoms with Crippen LogP contribution in [0.15, 0.2) is 24.3 Å². The summed E-state index contributed by atoms with van der Waals surface area (Å²) in [6, 6.07) is 8.13. The van der Waals surface area contributed by atoms with Gasteiger partial charge in [-0.05, 0) is 49.3 Å². The third-order valence-corrected chi connectivity index (χ3v) is 4.66. The Morgan fingerprint density at radius 3 is 2.73 bits per heavy atom. The van der Waals surface area contributed by atoms with E-state index in [1.165, 1.54) is 12.8 Å². The first-order valence-corrected chi connectivity index (χ1v) is 8.07. The second kappa shape index (κ2) is 6.67. The normalized spacial score (nSPS) is 24.2. The van der Waals surface area contributed by atoms with Gasteiger partial charge in [-0.25, -0.2) is 0 Å². The SMILES string of the molecule is O=C(O)CN(CC1CC1)C1CC(NCc2cccc(O)c2)C1. The van der Waals surface area contributed by atoms with Crippen molar-refractivity contribution in [1.29, 1.82) is 0 Å². The highest BCUT2D eigenvalue weighted by Crippen LogP contribution is 2.33. The number of aliphatic carboxylic acids is 1. The van der Waals surface area contributed by atoms with Crippen molar-refractivity contribution in [2.45, 2.75) is 44.3 Å². The summed E-state index contributed by atoms with van der Waals surface area (Å²) < 4.78 is 0. The fourth-order valence-electron chi connectivity index (χ4n) is 3.13. The molecule has 0 atom stereocenters. The summed E-state index contributed by atoms with van der Waals surface area (Å²) in [6.07, 6.45) is 4.53. The average molecular weight is 304 g/mol. The van der Waals surface area contributed by atoms with Crippen LogP contribution < -0.4 is 5.32 Å². The summed E-state index contributed by atoms with van der Waals surface area (Å²) in [7, 11) is 0. The zero-order valence-corrected chi connectivity index (χ0v) is 12.7. The Morgan fingerprint density at radius 2 is 2.09 bits per heavy atom. The minimum Gasteiger partial charge on any atom is -0.508 e. The van der Waals surface area contributed by atoms with Crippen molar-refractivity contribution in [2.75, 3.05) is 13.1 Å². The van der Waals surface area contributed by atoms with E-state index in [2.05, 4.69) is 10.2 Å². The first-order chi connectivity index (χ1) is 10.6. The number of hydrogen-bond donors (Lipinski definition) is 3. The molecule has 2 aliphatic rings. The van der Waals surface area contributed by atoms with Gasteiger partial charge in [0.05, 0.1) is 6.54 Å². The van der Waals surface area contributed by atoms with E-state index >= 15 is 0 Å². The van der Waals surface area contributed by atoms with E-state index in [0.717, 1.165) is 37.4 Å². The predicted molar refractivity (Wildman–Crippen MR) is 83.7 cm³/mol.